The van der Waals surface area contributed by atoms with Gasteiger partial charge in [-0.05, 0) is 5.56 Å². The van der Waals surface area contributed by atoms with Gasteiger partial charge in [0, 0.05) is 0 Å². The smallest absolute Gasteiger partial charge is 0.408 e. The summed E-state index contributed by atoms with van der Waals surface area (Å²) in [4.78, 5) is 34.5. The summed E-state index contributed by atoms with van der Waals surface area (Å²) in [6, 6.07) is 5.43. The van der Waals surface area contributed by atoms with Gasteiger partial charge in [0.05, 0.1) is 0 Å². The van der Waals surface area contributed by atoms with Crippen molar-refractivity contribution >= 4 is 28.2 Å². The average molecular weight is 343 g/mol. The van der Waals surface area contributed by atoms with Crippen molar-refractivity contribution in [3.63, 3.8) is 0 Å². The first-order valence-electron chi connectivity index (χ1n) is 6.29. The first kappa shape index (κ1) is 16.7. The van der Waals surface area contributed by atoms with Crippen molar-refractivity contribution in [1.29, 1.82) is 0 Å². The van der Waals surface area contributed by atoms with Crippen LogP contribution in [-0.2, 0) is 31.2 Å². The summed E-state index contributed by atoms with van der Waals surface area (Å²) in [7, 11) is -4.94. The van der Waals surface area contributed by atoms with E-state index in [0.29, 0.717) is 5.56 Å². The second-order valence-electron chi connectivity index (χ2n) is 4.64. The third-order valence-corrected chi connectivity index (χ3v) is 3.98. The summed E-state index contributed by atoms with van der Waals surface area (Å²) in [6.45, 7) is -0.0865. The van der Waals surface area contributed by atoms with Gasteiger partial charge in [-0.15, -0.1) is 0 Å². The molecular formula is C12H13N3O7S. The second-order valence-corrected chi connectivity index (χ2v) is 5.93. The number of rotatable bonds is 5. The van der Waals surface area contributed by atoms with Gasteiger partial charge in [0.25, 0.3) is 5.91 Å². The Morgan fingerprint density at radius 3 is 2.43 bits per heavy atom. The van der Waals surface area contributed by atoms with Gasteiger partial charge >= 0.3 is 16.4 Å². The molecule has 3 amide bonds. The number of amides is 3. The molecule has 1 heterocycles. The van der Waals surface area contributed by atoms with Crippen molar-refractivity contribution < 1.29 is 32.1 Å². The minimum absolute atomic E-state index is 0.0865. The molecule has 1 aromatic carbocycles. The Morgan fingerprint density at radius 2 is 1.91 bits per heavy atom. The predicted octanol–water partition coefficient (Wildman–Crippen LogP) is -1.22. The Balaban J connectivity index is 1.98. The zero-order chi connectivity index (χ0) is 17.2. The first-order valence-corrected chi connectivity index (χ1v) is 7.68. The monoisotopic (exact) mass is 343 g/mol. The number of carbonyl (C=O) groups is 3. The van der Waals surface area contributed by atoms with E-state index in [2.05, 4.69) is 0 Å². The van der Waals surface area contributed by atoms with Crippen LogP contribution in [0.5, 0.6) is 0 Å². The Morgan fingerprint density at radius 1 is 1.30 bits per heavy atom. The number of ether oxygens (including phenoxy) is 1. The van der Waals surface area contributed by atoms with Crippen molar-refractivity contribution in [3.8, 4) is 0 Å². The average Bonchev–Trinajstić information content (AvgIpc) is 2.47. The molecule has 0 aliphatic carbocycles. The van der Waals surface area contributed by atoms with E-state index in [1.165, 1.54) is 0 Å². The minimum atomic E-state index is -4.94. The lowest BCUT2D eigenvalue weighted by Crippen LogP contribution is -2.75. The highest BCUT2D eigenvalue weighted by Crippen LogP contribution is 2.23. The summed E-state index contributed by atoms with van der Waals surface area (Å²) < 4.78 is 35.6. The van der Waals surface area contributed by atoms with Crippen LogP contribution in [-0.4, -0.2) is 47.3 Å². The lowest BCUT2D eigenvalue weighted by atomic mass is 9.98. The number of β-lactam (4-membered cyclic amide) rings is 1. The van der Waals surface area contributed by atoms with Gasteiger partial charge in [-0.25, -0.2) is 4.79 Å². The van der Waals surface area contributed by atoms with Crippen LogP contribution in [0.4, 0.5) is 4.79 Å². The third kappa shape index (κ3) is 3.57. The van der Waals surface area contributed by atoms with Crippen LogP contribution in [0.3, 0.4) is 0 Å². The molecule has 0 bridgehead atoms. The molecule has 23 heavy (non-hydrogen) atoms. The molecule has 2 rings (SSSR count). The fraction of sp³-hybridized carbons (Fsp3) is 0.250. The van der Waals surface area contributed by atoms with Crippen LogP contribution >= 0.6 is 0 Å². The molecule has 1 aliphatic heterocycles. The van der Waals surface area contributed by atoms with Crippen LogP contribution in [0.2, 0.25) is 0 Å². The highest BCUT2D eigenvalue weighted by atomic mass is 32.2. The molecule has 10 nitrogen and oxygen atoms in total. The first-order chi connectivity index (χ1) is 10.7. The number of alkyl carbamates (subject to hydrolysis) is 1. The van der Waals surface area contributed by atoms with Gasteiger partial charge in [0.2, 0.25) is 5.91 Å². The Labute approximate surface area is 131 Å². The quantitative estimate of drug-likeness (QED) is 0.447. The lowest BCUT2D eigenvalue weighted by Gasteiger charge is -2.41. The summed E-state index contributed by atoms with van der Waals surface area (Å²) in [5, 5.41) is 2.04. The molecule has 0 radical (unpaired) electrons. The van der Waals surface area contributed by atoms with Gasteiger partial charge < -0.3 is 15.8 Å². The number of hydrogen-bond acceptors (Lipinski definition) is 6. The number of hydrogen-bond donors (Lipinski definition) is 3. The van der Waals surface area contributed by atoms with E-state index >= 15 is 0 Å². The lowest BCUT2D eigenvalue weighted by molar-refractivity contribution is -0.149. The zero-order valence-corrected chi connectivity index (χ0v) is 12.4. The van der Waals surface area contributed by atoms with Crippen LogP contribution in [0.25, 0.3) is 0 Å². The minimum Gasteiger partial charge on any atom is -0.445 e. The third-order valence-electron chi connectivity index (χ3n) is 3.08. The molecule has 0 saturated carbocycles. The van der Waals surface area contributed by atoms with Crippen LogP contribution in [0.1, 0.15) is 5.56 Å². The second kappa shape index (κ2) is 6.22. The maximum Gasteiger partial charge on any atom is 0.408 e. The van der Waals surface area contributed by atoms with E-state index in [0.717, 1.165) is 0 Å². The van der Waals surface area contributed by atoms with Gasteiger partial charge in [0.15, 0.2) is 6.04 Å². The maximum absolute atomic E-state index is 11.6. The van der Waals surface area contributed by atoms with E-state index < -0.39 is 40.3 Å². The van der Waals surface area contributed by atoms with Crippen molar-refractivity contribution in [2.75, 3.05) is 0 Å². The molecule has 1 aromatic rings. The van der Waals surface area contributed by atoms with Gasteiger partial charge in [0.1, 0.15) is 12.6 Å². The fourth-order valence-electron chi connectivity index (χ4n) is 2.03. The largest absolute Gasteiger partial charge is 0.445 e. The molecule has 124 valence electrons. The van der Waals surface area contributed by atoms with Crippen molar-refractivity contribution in [3.05, 3.63) is 35.9 Å². The summed E-state index contributed by atoms with van der Waals surface area (Å²) in [6.07, 6.45) is -1.03. The Bertz CT molecular complexity index is 734. The molecule has 1 aliphatic rings. The predicted molar refractivity (Wildman–Crippen MR) is 74.9 cm³/mol. The van der Waals surface area contributed by atoms with Crippen LogP contribution < -0.4 is 11.1 Å². The summed E-state index contributed by atoms with van der Waals surface area (Å²) >= 11 is 0. The van der Waals surface area contributed by atoms with Gasteiger partial charge in [-0.2, -0.15) is 12.7 Å². The highest BCUT2D eigenvalue weighted by Gasteiger charge is 2.57. The SMILES string of the molecule is NC(=O)C1C(NC(=O)OCc2ccccc2)C(=O)N1S(=O)(=O)O. The highest BCUT2D eigenvalue weighted by molar-refractivity contribution is 7.84. The molecule has 1 saturated heterocycles. The van der Waals surface area contributed by atoms with Crippen molar-refractivity contribution in [2.24, 2.45) is 5.73 Å². The number of benzene rings is 1. The van der Waals surface area contributed by atoms with E-state index in [-0.39, 0.29) is 10.9 Å². The van der Waals surface area contributed by atoms with Gasteiger partial charge in [-0.3, -0.25) is 14.1 Å². The molecule has 2 atom stereocenters. The molecular weight excluding hydrogens is 330 g/mol. The molecule has 0 spiro atoms. The summed E-state index contributed by atoms with van der Waals surface area (Å²) in [5.41, 5.74) is 5.67. The van der Waals surface area contributed by atoms with E-state index in [1.54, 1.807) is 30.3 Å². The fourth-order valence-corrected chi connectivity index (χ4v) is 2.89. The Kier molecular flexibility index (Phi) is 4.52. The molecule has 11 heteroatoms. The number of nitrogens with two attached hydrogens (primary N) is 1. The zero-order valence-electron chi connectivity index (χ0n) is 11.6. The Hall–Kier alpha value is -2.66. The van der Waals surface area contributed by atoms with Crippen molar-refractivity contribution in [2.45, 2.75) is 18.7 Å². The molecule has 4 N–H and O–H groups in total. The van der Waals surface area contributed by atoms with E-state index in [1.807, 2.05) is 5.32 Å². The van der Waals surface area contributed by atoms with Gasteiger partial charge in [-0.1, -0.05) is 30.3 Å². The number of nitrogens with one attached hydrogen (secondary N) is 1. The number of nitrogens with zero attached hydrogens (tertiary/aromatic N) is 1. The number of primary amides is 1. The van der Waals surface area contributed by atoms with Crippen molar-refractivity contribution in [1.82, 2.24) is 9.62 Å². The molecule has 0 aromatic heterocycles. The normalized spacial score (nSPS) is 20.6. The van der Waals surface area contributed by atoms with E-state index in [4.69, 9.17) is 15.0 Å². The van der Waals surface area contributed by atoms with Crippen LogP contribution in [0, 0.1) is 0 Å². The topological polar surface area (TPSA) is 156 Å². The number of carbonyl (C=O) groups excluding carboxylic acids is 3. The van der Waals surface area contributed by atoms with E-state index in [9.17, 15) is 22.8 Å². The standard InChI is InChI=1S/C12H13N3O7S/c13-10(16)9-8(11(17)15(9)23(19,20)21)14-12(18)22-6-7-4-2-1-3-5-7/h1-5,8-9H,6H2,(H2,13,16)(H,14,18)(H,19,20,21). The molecule has 2 unspecified atom stereocenters. The molecule has 1 fully saturated rings. The maximum atomic E-state index is 11.6. The summed E-state index contributed by atoms with van der Waals surface area (Å²) in [5.74, 6) is -2.39. The van der Waals surface area contributed by atoms with Crippen LogP contribution in [0.15, 0.2) is 30.3 Å².